The van der Waals surface area contributed by atoms with Crippen LogP contribution in [0.25, 0.3) is 0 Å². The third-order valence-electron chi connectivity index (χ3n) is 2.27. The van der Waals surface area contributed by atoms with E-state index in [0.717, 1.165) is 19.4 Å². The zero-order chi connectivity index (χ0) is 10.1. The fourth-order valence-electron chi connectivity index (χ4n) is 1.28. The van der Waals surface area contributed by atoms with Gasteiger partial charge in [-0.3, -0.25) is 4.79 Å². The van der Waals surface area contributed by atoms with Crippen molar-refractivity contribution in [2.45, 2.75) is 52.4 Å². The molecule has 0 aromatic rings. The number of carbonyl (C=O) groups excluding carboxylic acids is 1. The summed E-state index contributed by atoms with van der Waals surface area (Å²) < 4.78 is 0. The van der Waals surface area contributed by atoms with Crippen molar-refractivity contribution in [1.82, 2.24) is 4.90 Å². The maximum absolute atomic E-state index is 10.5. The van der Waals surface area contributed by atoms with Crippen molar-refractivity contribution >= 4 is 5.91 Å². The zero-order valence-corrected chi connectivity index (χ0v) is 9.31. The summed E-state index contributed by atoms with van der Waals surface area (Å²) >= 11 is 0. The van der Waals surface area contributed by atoms with Gasteiger partial charge in [-0.1, -0.05) is 39.5 Å². The molecule has 13 heavy (non-hydrogen) atoms. The van der Waals surface area contributed by atoms with Crippen LogP contribution in [0.15, 0.2) is 0 Å². The molecule has 1 aliphatic rings. The summed E-state index contributed by atoms with van der Waals surface area (Å²) in [5, 5.41) is 0. The maximum atomic E-state index is 10.5. The minimum Gasteiger partial charge on any atom is -0.346 e. The van der Waals surface area contributed by atoms with Gasteiger partial charge in [0.25, 0.3) is 0 Å². The minimum absolute atomic E-state index is 0.292. The Bertz CT molecular complexity index is 130. The van der Waals surface area contributed by atoms with E-state index in [4.69, 9.17) is 0 Å². The van der Waals surface area contributed by atoms with Gasteiger partial charge in [0.05, 0.1) is 0 Å². The van der Waals surface area contributed by atoms with Crippen LogP contribution in [0, 0.1) is 0 Å². The third kappa shape index (κ3) is 6.62. The Labute approximate surface area is 82.3 Å². The van der Waals surface area contributed by atoms with Gasteiger partial charge >= 0.3 is 0 Å². The van der Waals surface area contributed by atoms with Crippen LogP contribution in [0.3, 0.4) is 0 Å². The minimum atomic E-state index is 0.292. The second kappa shape index (κ2) is 8.09. The fourth-order valence-corrected chi connectivity index (χ4v) is 1.28. The molecule has 0 aromatic heterocycles. The van der Waals surface area contributed by atoms with Crippen molar-refractivity contribution in [1.29, 1.82) is 0 Å². The van der Waals surface area contributed by atoms with E-state index in [-0.39, 0.29) is 0 Å². The van der Waals surface area contributed by atoms with Crippen molar-refractivity contribution in [3.05, 3.63) is 0 Å². The summed E-state index contributed by atoms with van der Waals surface area (Å²) in [6.07, 6.45) is 7.35. The third-order valence-corrected chi connectivity index (χ3v) is 2.27. The molecule has 78 valence electrons. The number of rotatable bonds is 3. The van der Waals surface area contributed by atoms with E-state index in [9.17, 15) is 4.79 Å². The Morgan fingerprint density at radius 2 is 1.77 bits per heavy atom. The second-order valence-electron chi connectivity index (χ2n) is 3.63. The van der Waals surface area contributed by atoms with Gasteiger partial charge in [0.2, 0.25) is 5.91 Å². The molecule has 0 radical (unpaired) electrons. The number of amides is 1. The summed E-state index contributed by atoms with van der Waals surface area (Å²) in [5.41, 5.74) is 0. The normalized spacial score (nSPS) is 15.6. The van der Waals surface area contributed by atoms with Crippen LogP contribution in [-0.2, 0) is 4.79 Å². The van der Waals surface area contributed by atoms with E-state index >= 15 is 0 Å². The van der Waals surface area contributed by atoms with Crippen LogP contribution in [0.1, 0.15) is 52.4 Å². The van der Waals surface area contributed by atoms with Crippen molar-refractivity contribution in [3.63, 3.8) is 0 Å². The lowest BCUT2D eigenvalue weighted by Crippen LogP contribution is -2.17. The van der Waals surface area contributed by atoms with Crippen molar-refractivity contribution in [3.8, 4) is 0 Å². The van der Waals surface area contributed by atoms with Crippen LogP contribution in [0.4, 0.5) is 0 Å². The van der Waals surface area contributed by atoms with Crippen LogP contribution >= 0.6 is 0 Å². The molecule has 0 atom stereocenters. The van der Waals surface area contributed by atoms with Gasteiger partial charge in [0, 0.05) is 20.0 Å². The standard InChI is InChI=1S/C6H14.C5H9NO/c1-3-5-6-4-2;1-6-4-2-3-5(6)7/h3-6H2,1-2H3;2-4H2,1H3. The first-order valence-corrected chi connectivity index (χ1v) is 5.46. The fraction of sp³-hybridized carbons (Fsp3) is 0.909. The molecule has 1 heterocycles. The first kappa shape index (κ1) is 12.5. The zero-order valence-electron chi connectivity index (χ0n) is 9.31. The maximum Gasteiger partial charge on any atom is 0.222 e. The van der Waals surface area contributed by atoms with E-state index < -0.39 is 0 Å². The van der Waals surface area contributed by atoms with Crippen LogP contribution < -0.4 is 0 Å². The lowest BCUT2D eigenvalue weighted by atomic mass is 10.2. The molecule has 0 unspecified atom stereocenters. The monoisotopic (exact) mass is 185 g/mol. The first-order valence-electron chi connectivity index (χ1n) is 5.46. The highest BCUT2D eigenvalue weighted by Gasteiger charge is 2.14. The largest absolute Gasteiger partial charge is 0.346 e. The first-order chi connectivity index (χ1) is 6.22. The smallest absolute Gasteiger partial charge is 0.222 e. The number of hydrogen-bond acceptors (Lipinski definition) is 1. The number of carbonyl (C=O) groups is 1. The van der Waals surface area contributed by atoms with Gasteiger partial charge < -0.3 is 4.90 Å². The molecule has 0 saturated carbocycles. The summed E-state index contributed by atoms with van der Waals surface area (Å²) in [5.74, 6) is 0.292. The Hall–Kier alpha value is -0.530. The number of likely N-dealkylation sites (tertiary alicyclic amines) is 1. The van der Waals surface area contributed by atoms with Crippen LogP contribution in [-0.4, -0.2) is 24.4 Å². The molecule has 1 rings (SSSR count). The van der Waals surface area contributed by atoms with Gasteiger partial charge in [0.15, 0.2) is 0 Å². The topological polar surface area (TPSA) is 20.3 Å². The molecule has 1 saturated heterocycles. The SMILES string of the molecule is CCCCCC.CN1CCCC1=O. The summed E-state index contributed by atoms with van der Waals surface area (Å²) in [7, 11) is 1.84. The summed E-state index contributed by atoms with van der Waals surface area (Å²) in [6.45, 7) is 5.42. The molecule has 0 aromatic carbocycles. The second-order valence-corrected chi connectivity index (χ2v) is 3.63. The highest BCUT2D eigenvalue weighted by atomic mass is 16.2. The van der Waals surface area contributed by atoms with Crippen molar-refractivity contribution in [2.24, 2.45) is 0 Å². The Balaban J connectivity index is 0.000000226. The van der Waals surface area contributed by atoms with Gasteiger partial charge in [0.1, 0.15) is 0 Å². The molecule has 2 nitrogen and oxygen atoms in total. The lowest BCUT2D eigenvalue weighted by Gasteiger charge is -2.03. The van der Waals surface area contributed by atoms with E-state index in [1.807, 2.05) is 7.05 Å². The van der Waals surface area contributed by atoms with Gasteiger partial charge in [-0.15, -0.1) is 0 Å². The van der Waals surface area contributed by atoms with Crippen molar-refractivity contribution in [2.75, 3.05) is 13.6 Å². The Morgan fingerprint density at radius 3 is 1.92 bits per heavy atom. The van der Waals surface area contributed by atoms with E-state index in [0.29, 0.717) is 5.91 Å². The highest BCUT2D eigenvalue weighted by Crippen LogP contribution is 2.04. The Kier molecular flexibility index (Phi) is 7.76. The molecule has 0 bridgehead atoms. The summed E-state index contributed by atoms with van der Waals surface area (Å²) in [4.78, 5) is 12.3. The molecule has 0 N–H and O–H groups in total. The quantitative estimate of drug-likeness (QED) is 0.619. The molecule has 1 aliphatic heterocycles. The molecular formula is C11H23NO. The molecule has 0 aliphatic carbocycles. The predicted molar refractivity (Wildman–Crippen MR) is 56.7 cm³/mol. The Morgan fingerprint density at radius 1 is 1.23 bits per heavy atom. The van der Waals surface area contributed by atoms with Crippen molar-refractivity contribution < 1.29 is 4.79 Å². The molecule has 1 fully saturated rings. The summed E-state index contributed by atoms with van der Waals surface area (Å²) in [6, 6.07) is 0. The number of nitrogens with zero attached hydrogens (tertiary/aromatic N) is 1. The number of hydrogen-bond donors (Lipinski definition) is 0. The lowest BCUT2D eigenvalue weighted by molar-refractivity contribution is -0.126. The van der Waals surface area contributed by atoms with Crippen LogP contribution in [0.5, 0.6) is 0 Å². The van der Waals surface area contributed by atoms with E-state index in [2.05, 4.69) is 13.8 Å². The highest BCUT2D eigenvalue weighted by molar-refractivity contribution is 5.77. The average molecular weight is 185 g/mol. The molecule has 1 amide bonds. The van der Waals surface area contributed by atoms with Crippen LogP contribution in [0.2, 0.25) is 0 Å². The van der Waals surface area contributed by atoms with Gasteiger partial charge in [-0.05, 0) is 6.42 Å². The predicted octanol–water partition coefficient (Wildman–Crippen LogP) is 2.83. The average Bonchev–Trinajstić information content (AvgIpc) is 2.49. The molecule has 2 heteroatoms. The van der Waals surface area contributed by atoms with E-state index in [1.165, 1.54) is 25.7 Å². The number of unbranched alkanes of at least 4 members (excludes halogenated alkanes) is 3. The van der Waals surface area contributed by atoms with Gasteiger partial charge in [-0.2, -0.15) is 0 Å². The molecule has 0 spiro atoms. The van der Waals surface area contributed by atoms with Gasteiger partial charge in [-0.25, -0.2) is 0 Å². The van der Waals surface area contributed by atoms with E-state index in [1.54, 1.807) is 4.90 Å². The molecular weight excluding hydrogens is 162 g/mol.